The summed E-state index contributed by atoms with van der Waals surface area (Å²) in [5, 5.41) is 14.8. The first kappa shape index (κ1) is 20.2. The molecule has 0 aliphatic rings. The molecule has 8 heteroatoms. The number of amides is 1. The summed E-state index contributed by atoms with van der Waals surface area (Å²) in [6.07, 6.45) is 1.68. The minimum Gasteiger partial charge on any atom is -0.497 e. The average molecular weight is 417 g/mol. The molecule has 2 aromatic heterocycles. The second kappa shape index (κ2) is 8.74. The van der Waals surface area contributed by atoms with Gasteiger partial charge in [-0.2, -0.15) is 5.10 Å². The molecule has 0 aliphatic carbocycles. The third-order valence-corrected chi connectivity index (χ3v) is 4.93. The Labute approximate surface area is 179 Å². The number of benzene rings is 2. The van der Waals surface area contributed by atoms with Gasteiger partial charge in [-0.3, -0.25) is 9.48 Å². The first-order valence-electron chi connectivity index (χ1n) is 9.78. The van der Waals surface area contributed by atoms with Crippen molar-refractivity contribution in [3.8, 4) is 17.0 Å². The Balaban J connectivity index is 1.60. The van der Waals surface area contributed by atoms with E-state index in [1.165, 1.54) is 0 Å². The fourth-order valence-corrected chi connectivity index (χ4v) is 3.29. The molecule has 158 valence electrons. The van der Waals surface area contributed by atoms with Crippen LogP contribution in [0, 0.1) is 6.92 Å². The van der Waals surface area contributed by atoms with Gasteiger partial charge in [0, 0.05) is 19.3 Å². The predicted octanol–water partition coefficient (Wildman–Crippen LogP) is 4.26. The number of carbonyl (C=O) groups excluding carboxylic acids is 1. The Bertz CT molecular complexity index is 1180. The minimum atomic E-state index is -0.309. The summed E-state index contributed by atoms with van der Waals surface area (Å²) in [4.78, 5) is 13.1. The van der Waals surface area contributed by atoms with Crippen molar-refractivity contribution in [1.82, 2.24) is 14.9 Å². The monoisotopic (exact) mass is 417 g/mol. The lowest BCUT2D eigenvalue weighted by molar-refractivity contribution is 0.102. The first-order chi connectivity index (χ1) is 15.1. The molecule has 4 rings (SSSR count). The van der Waals surface area contributed by atoms with E-state index in [1.54, 1.807) is 49.2 Å². The Hall–Kier alpha value is -4.07. The van der Waals surface area contributed by atoms with Gasteiger partial charge in [-0.1, -0.05) is 35.5 Å². The Morgan fingerprint density at radius 3 is 2.58 bits per heavy atom. The molecule has 2 heterocycles. The van der Waals surface area contributed by atoms with Crippen LogP contribution in [0.15, 0.2) is 65.3 Å². The predicted molar refractivity (Wildman–Crippen MR) is 118 cm³/mol. The van der Waals surface area contributed by atoms with E-state index in [1.807, 2.05) is 37.4 Å². The standard InChI is InChI=1S/C23H23N5O3/c1-15-20(23(29)26-17-9-11-18(30-3)12-10-17)21(27-31-15)19-14-25-28(2)22(19)24-13-16-7-5-4-6-8-16/h4-12,14,24H,13H2,1-3H3,(H,26,29). The summed E-state index contributed by atoms with van der Waals surface area (Å²) in [5.41, 5.74) is 3.27. The lowest BCUT2D eigenvalue weighted by atomic mass is 10.1. The summed E-state index contributed by atoms with van der Waals surface area (Å²) >= 11 is 0. The minimum absolute atomic E-state index is 0.309. The van der Waals surface area contributed by atoms with Crippen LogP contribution in [0.3, 0.4) is 0 Å². The number of nitrogens with one attached hydrogen (secondary N) is 2. The maximum Gasteiger partial charge on any atom is 0.261 e. The van der Waals surface area contributed by atoms with E-state index in [2.05, 4.69) is 20.9 Å². The van der Waals surface area contributed by atoms with Gasteiger partial charge in [-0.25, -0.2) is 0 Å². The number of nitrogens with zero attached hydrogens (tertiary/aromatic N) is 3. The van der Waals surface area contributed by atoms with Gasteiger partial charge in [0.1, 0.15) is 28.6 Å². The molecule has 0 atom stereocenters. The highest BCUT2D eigenvalue weighted by atomic mass is 16.5. The van der Waals surface area contributed by atoms with E-state index in [4.69, 9.17) is 9.26 Å². The zero-order chi connectivity index (χ0) is 21.8. The van der Waals surface area contributed by atoms with Gasteiger partial charge in [0.05, 0.1) is 18.9 Å². The molecule has 0 unspecified atom stereocenters. The number of carbonyl (C=O) groups is 1. The van der Waals surface area contributed by atoms with Crippen molar-refractivity contribution >= 4 is 17.4 Å². The molecule has 4 aromatic rings. The summed E-state index contributed by atoms with van der Waals surface area (Å²) in [7, 11) is 3.43. The van der Waals surface area contributed by atoms with Crippen molar-refractivity contribution in [2.75, 3.05) is 17.7 Å². The number of anilines is 2. The molecule has 31 heavy (non-hydrogen) atoms. The van der Waals surface area contributed by atoms with Gasteiger partial charge in [0.2, 0.25) is 0 Å². The number of ether oxygens (including phenoxy) is 1. The maximum atomic E-state index is 13.1. The first-order valence-corrected chi connectivity index (χ1v) is 9.78. The Morgan fingerprint density at radius 1 is 1.13 bits per heavy atom. The van der Waals surface area contributed by atoms with Gasteiger partial charge < -0.3 is 19.9 Å². The molecule has 0 spiro atoms. The lowest BCUT2D eigenvalue weighted by Crippen LogP contribution is -2.14. The molecule has 2 aromatic carbocycles. The van der Waals surface area contributed by atoms with Crippen molar-refractivity contribution in [3.63, 3.8) is 0 Å². The maximum absolute atomic E-state index is 13.1. The molecule has 8 nitrogen and oxygen atoms in total. The lowest BCUT2D eigenvalue weighted by Gasteiger charge is -2.10. The van der Waals surface area contributed by atoms with Crippen LogP contribution in [0.2, 0.25) is 0 Å². The van der Waals surface area contributed by atoms with E-state index in [0.717, 1.165) is 11.4 Å². The number of methoxy groups -OCH3 is 1. The van der Waals surface area contributed by atoms with Crippen molar-refractivity contribution < 1.29 is 14.1 Å². The van der Waals surface area contributed by atoms with Gasteiger partial charge >= 0.3 is 0 Å². The van der Waals surface area contributed by atoms with Gasteiger partial charge in [0.25, 0.3) is 5.91 Å². The molecule has 1 amide bonds. The molecule has 0 radical (unpaired) electrons. The van der Waals surface area contributed by atoms with E-state index in [9.17, 15) is 4.79 Å². The van der Waals surface area contributed by atoms with Crippen LogP contribution >= 0.6 is 0 Å². The quantitative estimate of drug-likeness (QED) is 0.467. The normalized spacial score (nSPS) is 10.7. The number of aryl methyl sites for hydroxylation is 2. The van der Waals surface area contributed by atoms with E-state index < -0.39 is 0 Å². The molecule has 0 fully saturated rings. The summed E-state index contributed by atoms with van der Waals surface area (Å²) in [6, 6.07) is 17.1. The van der Waals surface area contributed by atoms with Crippen LogP contribution in [-0.2, 0) is 13.6 Å². The number of hydrogen-bond donors (Lipinski definition) is 2. The zero-order valence-electron chi connectivity index (χ0n) is 17.5. The molecule has 0 saturated heterocycles. The van der Waals surface area contributed by atoms with Crippen LogP contribution in [0.1, 0.15) is 21.7 Å². The van der Waals surface area contributed by atoms with Crippen molar-refractivity contribution in [1.29, 1.82) is 0 Å². The van der Waals surface area contributed by atoms with Gasteiger partial charge in [0.15, 0.2) is 0 Å². The average Bonchev–Trinajstić information content (AvgIpc) is 3.35. The summed E-state index contributed by atoms with van der Waals surface area (Å²) in [5.74, 6) is 1.58. The molecule has 2 N–H and O–H groups in total. The fraction of sp³-hybridized carbons (Fsp3) is 0.174. The highest BCUT2D eigenvalue weighted by molar-refractivity contribution is 6.09. The van der Waals surface area contributed by atoms with E-state index in [-0.39, 0.29) is 5.91 Å². The fourth-order valence-electron chi connectivity index (χ4n) is 3.29. The SMILES string of the molecule is COc1ccc(NC(=O)c2c(-c3cnn(C)c3NCc3ccccc3)noc2C)cc1. The Morgan fingerprint density at radius 2 is 1.87 bits per heavy atom. The van der Waals surface area contributed by atoms with Crippen LogP contribution in [0.25, 0.3) is 11.3 Å². The highest BCUT2D eigenvalue weighted by Gasteiger charge is 2.25. The second-order valence-electron chi connectivity index (χ2n) is 7.01. The van der Waals surface area contributed by atoms with Crippen LogP contribution in [-0.4, -0.2) is 28.0 Å². The number of aromatic nitrogens is 3. The third-order valence-electron chi connectivity index (χ3n) is 4.93. The molecule has 0 saturated carbocycles. The van der Waals surface area contributed by atoms with Crippen molar-refractivity contribution in [2.45, 2.75) is 13.5 Å². The van der Waals surface area contributed by atoms with Crippen LogP contribution in [0.4, 0.5) is 11.5 Å². The van der Waals surface area contributed by atoms with E-state index >= 15 is 0 Å². The smallest absolute Gasteiger partial charge is 0.261 e. The highest BCUT2D eigenvalue weighted by Crippen LogP contribution is 2.32. The zero-order valence-corrected chi connectivity index (χ0v) is 17.5. The summed E-state index contributed by atoms with van der Waals surface area (Å²) < 4.78 is 12.3. The van der Waals surface area contributed by atoms with Crippen molar-refractivity contribution in [2.24, 2.45) is 7.05 Å². The number of hydrogen-bond acceptors (Lipinski definition) is 6. The molecular weight excluding hydrogens is 394 g/mol. The van der Waals surface area contributed by atoms with Gasteiger partial charge in [-0.05, 0) is 36.8 Å². The topological polar surface area (TPSA) is 94.2 Å². The van der Waals surface area contributed by atoms with Crippen LogP contribution in [0.5, 0.6) is 5.75 Å². The number of rotatable bonds is 7. The Kier molecular flexibility index (Phi) is 5.70. The summed E-state index contributed by atoms with van der Waals surface area (Å²) in [6.45, 7) is 2.32. The van der Waals surface area contributed by atoms with Gasteiger partial charge in [-0.15, -0.1) is 0 Å². The largest absolute Gasteiger partial charge is 0.497 e. The van der Waals surface area contributed by atoms with E-state index in [0.29, 0.717) is 40.6 Å². The molecular formula is C23H23N5O3. The van der Waals surface area contributed by atoms with Crippen molar-refractivity contribution in [3.05, 3.63) is 77.7 Å². The third kappa shape index (κ3) is 4.28. The molecule has 0 aliphatic heterocycles. The molecule has 0 bridgehead atoms. The van der Waals surface area contributed by atoms with Crippen LogP contribution < -0.4 is 15.4 Å². The second-order valence-corrected chi connectivity index (χ2v) is 7.01.